The van der Waals surface area contributed by atoms with Crippen molar-refractivity contribution in [3.63, 3.8) is 0 Å². The normalized spacial score (nSPS) is 12.5. The number of alkyl halides is 1. The minimum Gasteiger partial charge on any atom is -0.402 e. The first kappa shape index (κ1) is 9.47. The molecule has 7 heteroatoms. The summed E-state index contributed by atoms with van der Waals surface area (Å²) in [6.07, 6.45) is -4.97. The SMILES string of the molecule is OB(O)OC(F)C=C(F)F. The molecule has 0 aliphatic rings. The van der Waals surface area contributed by atoms with Crippen LogP contribution in [0.15, 0.2) is 12.2 Å². The highest BCUT2D eigenvalue weighted by Gasteiger charge is 2.15. The highest BCUT2D eigenvalue weighted by Crippen LogP contribution is 2.03. The van der Waals surface area contributed by atoms with Crippen LogP contribution in [0.25, 0.3) is 0 Å². The fraction of sp³-hybridized carbons (Fsp3) is 0.333. The summed E-state index contributed by atoms with van der Waals surface area (Å²) >= 11 is 0. The van der Waals surface area contributed by atoms with Gasteiger partial charge in [0.25, 0.3) is 6.08 Å². The number of rotatable bonds is 3. The summed E-state index contributed by atoms with van der Waals surface area (Å²) in [5.74, 6) is 0. The molecule has 3 nitrogen and oxygen atoms in total. The minimum atomic E-state index is -2.50. The lowest BCUT2D eigenvalue weighted by Crippen LogP contribution is -2.21. The quantitative estimate of drug-likeness (QED) is 0.567. The second kappa shape index (κ2) is 4.32. The van der Waals surface area contributed by atoms with Crippen LogP contribution in [0.4, 0.5) is 13.2 Å². The van der Waals surface area contributed by atoms with E-state index in [0.717, 1.165) is 0 Å². The van der Waals surface area contributed by atoms with E-state index >= 15 is 0 Å². The first-order chi connectivity index (χ1) is 4.52. The highest BCUT2D eigenvalue weighted by atomic mass is 19.3. The van der Waals surface area contributed by atoms with Gasteiger partial charge in [-0.15, -0.1) is 0 Å². The van der Waals surface area contributed by atoms with Gasteiger partial charge in [0.1, 0.15) is 0 Å². The van der Waals surface area contributed by atoms with E-state index < -0.39 is 19.8 Å². The average Bonchev–Trinajstić information content (AvgIpc) is 1.58. The first-order valence-corrected chi connectivity index (χ1v) is 2.21. The van der Waals surface area contributed by atoms with Gasteiger partial charge >= 0.3 is 7.32 Å². The van der Waals surface area contributed by atoms with Crippen molar-refractivity contribution < 1.29 is 27.9 Å². The topological polar surface area (TPSA) is 49.7 Å². The molecule has 58 valence electrons. The van der Waals surface area contributed by atoms with Gasteiger partial charge in [-0.2, -0.15) is 8.78 Å². The van der Waals surface area contributed by atoms with Crippen molar-refractivity contribution in [2.75, 3.05) is 0 Å². The molecule has 0 saturated carbocycles. The van der Waals surface area contributed by atoms with Gasteiger partial charge in [-0.1, -0.05) is 0 Å². The molecule has 0 aromatic rings. The van der Waals surface area contributed by atoms with Crippen LogP contribution < -0.4 is 0 Å². The van der Waals surface area contributed by atoms with E-state index in [1.165, 1.54) is 0 Å². The Bertz CT molecular complexity index is 124. The van der Waals surface area contributed by atoms with E-state index in [4.69, 9.17) is 10.0 Å². The van der Waals surface area contributed by atoms with E-state index in [1.807, 2.05) is 0 Å². The minimum absolute atomic E-state index is 0.195. The van der Waals surface area contributed by atoms with Gasteiger partial charge in [-0.3, -0.25) is 0 Å². The Hall–Kier alpha value is -0.525. The lowest BCUT2D eigenvalue weighted by atomic mass is 10.3. The van der Waals surface area contributed by atoms with Crippen LogP contribution in [0.3, 0.4) is 0 Å². The molecule has 0 bridgehead atoms. The Balaban J connectivity index is 3.64. The zero-order valence-corrected chi connectivity index (χ0v) is 4.67. The Labute approximate surface area is 54.9 Å². The molecule has 1 atom stereocenters. The van der Waals surface area contributed by atoms with Crippen molar-refractivity contribution in [1.82, 2.24) is 0 Å². The van der Waals surface area contributed by atoms with Gasteiger partial charge in [0.05, 0.1) is 0 Å². The zero-order chi connectivity index (χ0) is 8.15. The fourth-order valence-electron chi connectivity index (χ4n) is 0.255. The third-order valence-electron chi connectivity index (χ3n) is 0.509. The Morgan fingerprint density at radius 2 is 2.00 bits per heavy atom. The maximum Gasteiger partial charge on any atom is 0.636 e. The second-order valence-corrected chi connectivity index (χ2v) is 1.27. The average molecular weight is 156 g/mol. The van der Waals surface area contributed by atoms with Crippen LogP contribution in [-0.2, 0) is 4.65 Å². The Morgan fingerprint density at radius 1 is 1.50 bits per heavy atom. The molecule has 0 aliphatic heterocycles. The smallest absolute Gasteiger partial charge is 0.402 e. The molecule has 0 rings (SSSR count). The van der Waals surface area contributed by atoms with Gasteiger partial charge in [-0.25, -0.2) is 4.39 Å². The summed E-state index contributed by atoms with van der Waals surface area (Å²) in [7, 11) is -2.38. The molecular weight excluding hydrogens is 152 g/mol. The summed E-state index contributed by atoms with van der Waals surface area (Å²) in [5, 5.41) is 15.7. The number of halogens is 3. The summed E-state index contributed by atoms with van der Waals surface area (Å²) in [6, 6.07) is 0. The van der Waals surface area contributed by atoms with E-state index in [1.54, 1.807) is 0 Å². The lowest BCUT2D eigenvalue weighted by molar-refractivity contribution is 0.0556. The summed E-state index contributed by atoms with van der Waals surface area (Å²) in [4.78, 5) is 0. The molecule has 0 aromatic heterocycles. The number of hydrogen-bond acceptors (Lipinski definition) is 3. The third-order valence-corrected chi connectivity index (χ3v) is 0.509. The molecule has 1 unspecified atom stereocenters. The van der Waals surface area contributed by atoms with Gasteiger partial charge in [0.2, 0.25) is 6.36 Å². The van der Waals surface area contributed by atoms with Crippen molar-refractivity contribution in [2.24, 2.45) is 0 Å². The maximum absolute atomic E-state index is 11.8. The largest absolute Gasteiger partial charge is 0.636 e. The van der Waals surface area contributed by atoms with Gasteiger partial charge in [0.15, 0.2) is 0 Å². The Morgan fingerprint density at radius 3 is 2.30 bits per heavy atom. The molecule has 10 heavy (non-hydrogen) atoms. The molecule has 0 amide bonds. The van der Waals surface area contributed by atoms with Crippen molar-refractivity contribution in [1.29, 1.82) is 0 Å². The molecule has 0 spiro atoms. The standard InChI is InChI=1S/C3H4BF3O3/c5-2(6)1-3(7)10-4(8)9/h1,3,8-9H. The molecule has 0 heterocycles. The predicted molar refractivity (Wildman–Crippen MR) is 26.5 cm³/mol. The number of hydrogen-bond donors (Lipinski definition) is 2. The lowest BCUT2D eigenvalue weighted by Gasteiger charge is -2.01. The summed E-state index contributed by atoms with van der Waals surface area (Å²) in [5.41, 5.74) is 0. The Kier molecular flexibility index (Phi) is 4.09. The predicted octanol–water partition coefficient (Wildman–Crippen LogP) is 0.0485. The highest BCUT2D eigenvalue weighted by molar-refractivity contribution is 6.32. The van der Waals surface area contributed by atoms with Crippen molar-refractivity contribution in [3.05, 3.63) is 12.2 Å². The molecule has 0 aromatic carbocycles. The van der Waals surface area contributed by atoms with E-state index in [0.29, 0.717) is 0 Å². The molecule has 0 fully saturated rings. The van der Waals surface area contributed by atoms with E-state index in [-0.39, 0.29) is 6.08 Å². The van der Waals surface area contributed by atoms with Crippen LogP contribution in [0.2, 0.25) is 0 Å². The molecule has 2 N–H and O–H groups in total. The van der Waals surface area contributed by atoms with Crippen LogP contribution in [-0.4, -0.2) is 23.7 Å². The van der Waals surface area contributed by atoms with Crippen molar-refractivity contribution in [3.8, 4) is 0 Å². The van der Waals surface area contributed by atoms with E-state index in [9.17, 15) is 13.2 Å². The molecule has 0 radical (unpaired) electrons. The molecule has 0 aliphatic carbocycles. The van der Waals surface area contributed by atoms with Crippen LogP contribution in [0.5, 0.6) is 0 Å². The van der Waals surface area contributed by atoms with Gasteiger partial charge < -0.3 is 14.7 Å². The van der Waals surface area contributed by atoms with Crippen LogP contribution >= 0.6 is 0 Å². The van der Waals surface area contributed by atoms with Gasteiger partial charge in [0, 0.05) is 6.08 Å². The second-order valence-electron chi connectivity index (χ2n) is 1.27. The zero-order valence-electron chi connectivity index (χ0n) is 4.67. The molecular formula is C3H4BF3O3. The fourth-order valence-corrected chi connectivity index (χ4v) is 0.255. The first-order valence-electron chi connectivity index (χ1n) is 2.21. The van der Waals surface area contributed by atoms with Crippen molar-refractivity contribution >= 4 is 7.32 Å². The monoisotopic (exact) mass is 156 g/mol. The van der Waals surface area contributed by atoms with Crippen LogP contribution in [0, 0.1) is 0 Å². The third kappa shape index (κ3) is 5.61. The van der Waals surface area contributed by atoms with Crippen LogP contribution in [0.1, 0.15) is 0 Å². The van der Waals surface area contributed by atoms with Crippen molar-refractivity contribution in [2.45, 2.75) is 6.36 Å². The summed E-state index contributed by atoms with van der Waals surface area (Å²) in [6.45, 7) is 0. The van der Waals surface area contributed by atoms with E-state index in [2.05, 4.69) is 4.65 Å². The maximum atomic E-state index is 11.8. The molecule has 0 saturated heterocycles. The summed E-state index contributed by atoms with van der Waals surface area (Å²) < 4.78 is 37.5. The van der Waals surface area contributed by atoms with Gasteiger partial charge in [-0.05, 0) is 0 Å².